The summed E-state index contributed by atoms with van der Waals surface area (Å²) in [5, 5.41) is 18.4. The lowest BCUT2D eigenvalue weighted by atomic mass is 10.0. The van der Waals surface area contributed by atoms with Crippen LogP contribution < -0.4 is 4.90 Å². The quantitative estimate of drug-likeness (QED) is 0.403. The molecule has 0 aliphatic carbocycles. The van der Waals surface area contributed by atoms with Crippen LogP contribution in [0.25, 0.3) is 27.8 Å². The Morgan fingerprint density at radius 1 is 1.11 bits per heavy atom. The Hall–Kier alpha value is -4.49. The van der Waals surface area contributed by atoms with E-state index in [-0.39, 0.29) is 5.91 Å². The molecule has 2 aliphatic rings. The van der Waals surface area contributed by atoms with Crippen LogP contribution in [0, 0.1) is 11.3 Å². The summed E-state index contributed by atoms with van der Waals surface area (Å²) >= 11 is 0. The van der Waals surface area contributed by atoms with Crippen molar-refractivity contribution in [3.8, 4) is 28.3 Å². The van der Waals surface area contributed by atoms with Gasteiger partial charge >= 0.3 is 0 Å². The third kappa shape index (κ3) is 4.03. The first-order chi connectivity index (χ1) is 17.9. The zero-order valence-corrected chi connectivity index (χ0v) is 20.9. The number of carbonyl (C=O) groups excluding carboxylic acids is 1. The third-order valence-electron chi connectivity index (χ3n) is 7.19. The van der Waals surface area contributed by atoms with Crippen LogP contribution in [0.15, 0.2) is 61.3 Å². The van der Waals surface area contributed by atoms with Gasteiger partial charge in [0.05, 0.1) is 36.8 Å². The fourth-order valence-electron chi connectivity index (χ4n) is 5.28. The maximum absolute atomic E-state index is 12.4. The monoisotopic (exact) mass is 493 g/mol. The molecule has 0 radical (unpaired) electrons. The SMILES string of the molecule is C=C(C)C(=O)N1CC2CCN(c3ccc(-c4cc(-c5cnn(C)c5)cn5ncc(C#N)c45)cn3)CN2C1. The Labute approximate surface area is 214 Å². The summed E-state index contributed by atoms with van der Waals surface area (Å²) in [6.45, 7) is 8.54. The van der Waals surface area contributed by atoms with Crippen molar-refractivity contribution >= 4 is 17.2 Å². The minimum atomic E-state index is 0.0277. The van der Waals surface area contributed by atoms with E-state index in [1.807, 2.05) is 48.9 Å². The van der Waals surface area contributed by atoms with E-state index in [9.17, 15) is 10.1 Å². The number of hydrogen-bond acceptors (Lipinski definition) is 7. The smallest absolute Gasteiger partial charge is 0.249 e. The molecule has 0 saturated carbocycles. The van der Waals surface area contributed by atoms with Crippen LogP contribution in [-0.4, -0.2) is 72.6 Å². The molecule has 1 unspecified atom stereocenters. The first kappa shape index (κ1) is 22.9. The van der Waals surface area contributed by atoms with Gasteiger partial charge in [0.2, 0.25) is 5.91 Å². The van der Waals surface area contributed by atoms with Crippen LogP contribution in [-0.2, 0) is 11.8 Å². The number of aromatic nitrogens is 5. The van der Waals surface area contributed by atoms with Crippen LogP contribution in [0.1, 0.15) is 18.9 Å². The van der Waals surface area contributed by atoms with Crippen molar-refractivity contribution in [1.82, 2.24) is 34.2 Å². The third-order valence-corrected chi connectivity index (χ3v) is 7.19. The molecule has 0 bridgehead atoms. The van der Waals surface area contributed by atoms with Crippen molar-refractivity contribution < 1.29 is 4.79 Å². The molecular formula is C27H27N9O. The lowest BCUT2D eigenvalue weighted by Gasteiger charge is -2.37. The summed E-state index contributed by atoms with van der Waals surface area (Å²) in [7, 11) is 1.88. The van der Waals surface area contributed by atoms with E-state index in [0.717, 1.165) is 59.8 Å². The Bertz CT molecular complexity index is 1560. The predicted molar refractivity (Wildman–Crippen MR) is 139 cm³/mol. The molecule has 37 heavy (non-hydrogen) atoms. The van der Waals surface area contributed by atoms with Crippen LogP contribution in [0.4, 0.5) is 5.82 Å². The molecule has 4 aromatic rings. The second-order valence-corrected chi connectivity index (χ2v) is 9.80. The number of fused-ring (bicyclic) bond motifs is 2. The number of rotatable bonds is 4. The Morgan fingerprint density at radius 3 is 2.68 bits per heavy atom. The highest BCUT2D eigenvalue weighted by atomic mass is 16.2. The van der Waals surface area contributed by atoms with Crippen molar-refractivity contribution in [3.05, 3.63) is 66.9 Å². The van der Waals surface area contributed by atoms with Crippen LogP contribution >= 0.6 is 0 Å². The van der Waals surface area contributed by atoms with Gasteiger partial charge in [-0.3, -0.25) is 14.4 Å². The van der Waals surface area contributed by atoms with Gasteiger partial charge in [0.25, 0.3) is 0 Å². The maximum atomic E-state index is 12.4. The molecule has 0 aromatic carbocycles. The van der Waals surface area contributed by atoms with E-state index < -0.39 is 0 Å². The first-order valence-electron chi connectivity index (χ1n) is 12.2. The molecule has 10 nitrogen and oxygen atoms in total. The molecular weight excluding hydrogens is 466 g/mol. The molecule has 1 amide bonds. The van der Waals surface area contributed by atoms with E-state index in [1.165, 1.54) is 0 Å². The van der Waals surface area contributed by atoms with E-state index in [1.54, 1.807) is 22.3 Å². The average molecular weight is 494 g/mol. The molecule has 10 heteroatoms. The first-order valence-corrected chi connectivity index (χ1v) is 12.2. The minimum Gasteiger partial charge on any atom is -0.343 e. The van der Waals surface area contributed by atoms with Crippen LogP contribution in [0.3, 0.4) is 0 Å². The second kappa shape index (κ2) is 8.87. The standard InChI is InChI=1S/C27H27N9O/c1-18(2)27(37)34-15-23-6-7-33(16-35(23)17-34)25-5-4-19(10-29-25)24-8-20(22-12-30-32(3)13-22)14-36-26(24)21(9-28)11-31-36/h4-5,8,10-14,23H,1,6-7,15-17H2,2-3H3. The van der Waals surface area contributed by atoms with E-state index in [2.05, 4.69) is 38.7 Å². The minimum absolute atomic E-state index is 0.0277. The molecule has 0 N–H and O–H groups in total. The number of hydrogen-bond donors (Lipinski definition) is 0. The largest absolute Gasteiger partial charge is 0.343 e. The number of aryl methyl sites for hydroxylation is 1. The molecule has 2 aliphatic heterocycles. The number of anilines is 1. The van der Waals surface area contributed by atoms with Crippen molar-refractivity contribution in [2.45, 2.75) is 19.4 Å². The van der Waals surface area contributed by atoms with Crippen molar-refractivity contribution in [3.63, 3.8) is 0 Å². The normalized spacial score (nSPS) is 17.7. The summed E-state index contributed by atoms with van der Waals surface area (Å²) in [5.41, 5.74) is 5.57. The highest BCUT2D eigenvalue weighted by Gasteiger charge is 2.37. The summed E-state index contributed by atoms with van der Waals surface area (Å²) in [6.07, 6.45) is 10.1. The summed E-state index contributed by atoms with van der Waals surface area (Å²) in [4.78, 5) is 23.6. The maximum Gasteiger partial charge on any atom is 0.249 e. The number of carbonyl (C=O) groups is 1. The van der Waals surface area contributed by atoms with Gasteiger partial charge in [0, 0.05) is 72.6 Å². The lowest BCUT2D eigenvalue weighted by molar-refractivity contribution is -0.126. The average Bonchev–Trinajstić information content (AvgIpc) is 3.65. The van der Waals surface area contributed by atoms with Gasteiger partial charge in [-0.2, -0.15) is 15.5 Å². The van der Waals surface area contributed by atoms with Gasteiger partial charge < -0.3 is 9.80 Å². The van der Waals surface area contributed by atoms with Crippen molar-refractivity contribution in [1.29, 1.82) is 5.26 Å². The molecule has 6 rings (SSSR count). The van der Waals surface area contributed by atoms with Gasteiger partial charge in [-0.25, -0.2) is 9.50 Å². The molecule has 186 valence electrons. The Kier molecular flexibility index (Phi) is 5.50. The number of pyridine rings is 2. The molecule has 2 saturated heterocycles. The number of amides is 1. The number of nitrogens with zero attached hydrogens (tertiary/aromatic N) is 9. The van der Waals surface area contributed by atoms with Crippen molar-refractivity contribution in [2.24, 2.45) is 7.05 Å². The summed E-state index contributed by atoms with van der Waals surface area (Å²) < 4.78 is 3.51. The zero-order valence-electron chi connectivity index (χ0n) is 20.9. The van der Waals surface area contributed by atoms with Gasteiger partial charge in [-0.1, -0.05) is 6.58 Å². The molecule has 2 fully saturated rings. The Balaban J connectivity index is 1.29. The summed E-state index contributed by atoms with van der Waals surface area (Å²) in [6, 6.07) is 8.77. The van der Waals surface area contributed by atoms with E-state index in [0.29, 0.717) is 23.8 Å². The summed E-state index contributed by atoms with van der Waals surface area (Å²) in [5.74, 6) is 0.917. The van der Waals surface area contributed by atoms with E-state index >= 15 is 0 Å². The number of nitriles is 1. The highest BCUT2D eigenvalue weighted by Crippen LogP contribution is 2.33. The molecule has 1 atom stereocenters. The topological polar surface area (TPSA) is 98.6 Å². The fourth-order valence-corrected chi connectivity index (χ4v) is 5.28. The highest BCUT2D eigenvalue weighted by molar-refractivity contribution is 5.92. The molecule has 4 aromatic heterocycles. The van der Waals surface area contributed by atoms with Gasteiger partial charge in [-0.15, -0.1) is 0 Å². The van der Waals surface area contributed by atoms with Crippen LogP contribution in [0.2, 0.25) is 0 Å². The molecule has 6 heterocycles. The molecule has 0 spiro atoms. The van der Waals surface area contributed by atoms with Gasteiger partial charge in [0.15, 0.2) is 0 Å². The van der Waals surface area contributed by atoms with Crippen molar-refractivity contribution in [2.75, 3.05) is 31.3 Å². The fraction of sp³-hybridized carbons (Fsp3) is 0.296. The van der Waals surface area contributed by atoms with Gasteiger partial charge in [0.1, 0.15) is 11.9 Å². The zero-order chi connectivity index (χ0) is 25.7. The van der Waals surface area contributed by atoms with E-state index in [4.69, 9.17) is 4.98 Å². The van der Waals surface area contributed by atoms with Gasteiger partial charge in [-0.05, 0) is 31.5 Å². The second-order valence-electron chi connectivity index (χ2n) is 9.80. The Morgan fingerprint density at radius 2 is 1.97 bits per heavy atom. The van der Waals surface area contributed by atoms with Crippen LogP contribution in [0.5, 0.6) is 0 Å². The lowest BCUT2D eigenvalue weighted by Crippen LogP contribution is -2.48. The predicted octanol–water partition coefficient (Wildman–Crippen LogP) is 2.88.